The van der Waals surface area contributed by atoms with Gasteiger partial charge in [-0.15, -0.1) is 0 Å². The number of hydrogen-bond donors (Lipinski definition) is 0. The molecule has 0 saturated carbocycles. The lowest BCUT2D eigenvalue weighted by molar-refractivity contribution is -0.139. The van der Waals surface area contributed by atoms with Crippen molar-refractivity contribution in [1.82, 2.24) is 14.7 Å². The summed E-state index contributed by atoms with van der Waals surface area (Å²) in [6.45, 7) is 1.73. The maximum atomic E-state index is 13.1. The first-order valence-corrected chi connectivity index (χ1v) is 7.46. The summed E-state index contributed by atoms with van der Waals surface area (Å²) in [6.07, 6.45) is -0.786. The Morgan fingerprint density at radius 2 is 2.12 bits per heavy atom. The Morgan fingerprint density at radius 1 is 1.33 bits per heavy atom. The summed E-state index contributed by atoms with van der Waals surface area (Å²) >= 11 is 0. The molecule has 1 aromatic heterocycles. The fraction of sp³-hybridized carbons (Fsp3) is 0.438. The quantitative estimate of drug-likeness (QED) is 0.758. The van der Waals surface area contributed by atoms with Gasteiger partial charge in [-0.3, -0.25) is 9.58 Å². The Kier molecular flexibility index (Phi) is 4.40. The lowest BCUT2D eigenvalue weighted by Crippen LogP contribution is -2.14. The van der Waals surface area contributed by atoms with Crippen molar-refractivity contribution in [3.05, 3.63) is 41.7 Å². The molecule has 1 aromatic carbocycles. The van der Waals surface area contributed by atoms with Crippen LogP contribution in [0.4, 0.5) is 13.2 Å². The van der Waals surface area contributed by atoms with Crippen molar-refractivity contribution >= 4 is 0 Å². The number of nitrogens with zero attached hydrogens (tertiary/aromatic N) is 3. The molecule has 0 N–H and O–H groups in total. The SMILES string of the molecule is COc1ccc(OCC2CN2Cc2cnn(C)c2)c(C(F)(F)F)c1. The number of halogens is 3. The van der Waals surface area contributed by atoms with Crippen LogP contribution in [-0.2, 0) is 19.8 Å². The smallest absolute Gasteiger partial charge is 0.420 e. The maximum absolute atomic E-state index is 13.1. The van der Waals surface area contributed by atoms with Crippen LogP contribution < -0.4 is 9.47 Å². The van der Waals surface area contributed by atoms with Crippen LogP contribution >= 0.6 is 0 Å². The Balaban J connectivity index is 1.59. The van der Waals surface area contributed by atoms with E-state index in [0.717, 1.165) is 24.7 Å². The topological polar surface area (TPSA) is 39.3 Å². The normalized spacial score (nSPS) is 20.0. The van der Waals surface area contributed by atoms with Gasteiger partial charge in [-0.05, 0) is 18.2 Å². The van der Waals surface area contributed by atoms with Crippen LogP contribution in [0.1, 0.15) is 11.1 Å². The van der Waals surface area contributed by atoms with Crippen LogP contribution in [0.3, 0.4) is 0 Å². The molecule has 2 unspecified atom stereocenters. The van der Waals surface area contributed by atoms with Gasteiger partial charge in [-0.25, -0.2) is 0 Å². The zero-order chi connectivity index (χ0) is 17.3. The summed E-state index contributed by atoms with van der Waals surface area (Å²) in [5.74, 6) is -0.0178. The average molecular weight is 341 g/mol. The second-order valence-electron chi connectivity index (χ2n) is 5.78. The molecule has 24 heavy (non-hydrogen) atoms. The van der Waals surface area contributed by atoms with Gasteiger partial charge >= 0.3 is 6.18 Å². The molecule has 130 valence electrons. The van der Waals surface area contributed by atoms with E-state index < -0.39 is 11.7 Å². The highest BCUT2D eigenvalue weighted by Gasteiger charge is 2.37. The molecule has 1 fully saturated rings. The van der Waals surface area contributed by atoms with E-state index in [-0.39, 0.29) is 24.1 Å². The van der Waals surface area contributed by atoms with Crippen molar-refractivity contribution in [2.24, 2.45) is 7.05 Å². The molecule has 8 heteroatoms. The zero-order valence-electron chi connectivity index (χ0n) is 13.4. The van der Waals surface area contributed by atoms with Crippen LogP contribution in [-0.4, -0.2) is 41.0 Å². The number of aryl methyl sites for hydroxylation is 1. The predicted octanol–water partition coefficient (Wildman–Crippen LogP) is 2.71. The highest BCUT2D eigenvalue weighted by Crippen LogP contribution is 2.38. The first-order valence-electron chi connectivity index (χ1n) is 7.46. The molecule has 0 amide bonds. The van der Waals surface area contributed by atoms with Gasteiger partial charge < -0.3 is 9.47 Å². The minimum absolute atomic E-state index is 0.119. The van der Waals surface area contributed by atoms with Crippen LogP contribution in [0, 0.1) is 0 Å². The molecule has 5 nitrogen and oxygen atoms in total. The van der Waals surface area contributed by atoms with Gasteiger partial charge in [0.2, 0.25) is 0 Å². The molecular formula is C16H18F3N3O2. The van der Waals surface area contributed by atoms with Gasteiger partial charge in [0.1, 0.15) is 23.7 Å². The van der Waals surface area contributed by atoms with E-state index in [0.29, 0.717) is 0 Å². The molecule has 2 heterocycles. The first kappa shape index (κ1) is 16.6. The minimum atomic E-state index is -4.48. The molecule has 1 saturated heterocycles. The van der Waals surface area contributed by atoms with E-state index in [2.05, 4.69) is 10.00 Å². The van der Waals surface area contributed by atoms with Gasteiger partial charge in [0.05, 0.1) is 19.3 Å². The summed E-state index contributed by atoms with van der Waals surface area (Å²) in [5, 5.41) is 4.09. The lowest BCUT2D eigenvalue weighted by Gasteiger charge is -2.15. The number of aromatic nitrogens is 2. The molecule has 2 atom stereocenters. The molecule has 0 aliphatic carbocycles. The van der Waals surface area contributed by atoms with E-state index in [1.807, 2.05) is 13.2 Å². The van der Waals surface area contributed by atoms with Crippen LogP contribution in [0.5, 0.6) is 11.5 Å². The molecular weight excluding hydrogens is 323 g/mol. The fourth-order valence-corrected chi connectivity index (χ4v) is 2.53. The number of benzene rings is 1. The standard InChI is InChI=1S/C16H18F3N3O2/c1-21-7-11(6-20-21)8-22-9-12(22)10-24-15-4-3-13(23-2)5-14(15)16(17,18)19/h3-7,12H,8-10H2,1-2H3. The zero-order valence-corrected chi connectivity index (χ0v) is 13.4. The van der Waals surface area contributed by atoms with Crippen molar-refractivity contribution < 1.29 is 22.6 Å². The van der Waals surface area contributed by atoms with Crippen molar-refractivity contribution in [1.29, 1.82) is 0 Å². The molecule has 3 rings (SSSR count). The summed E-state index contributed by atoms with van der Waals surface area (Å²) in [4.78, 5) is 2.12. The molecule has 1 aliphatic rings. The molecule has 0 bridgehead atoms. The largest absolute Gasteiger partial charge is 0.497 e. The number of methoxy groups -OCH3 is 1. The molecule has 0 spiro atoms. The summed E-state index contributed by atoms with van der Waals surface area (Å²) in [5.41, 5.74) is 0.252. The third-order valence-electron chi connectivity index (χ3n) is 3.90. The van der Waals surface area contributed by atoms with E-state index in [9.17, 15) is 13.2 Å². The maximum Gasteiger partial charge on any atom is 0.420 e. The Morgan fingerprint density at radius 3 is 2.75 bits per heavy atom. The third kappa shape index (κ3) is 3.81. The number of hydrogen-bond acceptors (Lipinski definition) is 4. The summed E-state index contributed by atoms with van der Waals surface area (Å²) in [7, 11) is 3.17. The van der Waals surface area contributed by atoms with Crippen molar-refractivity contribution in [2.75, 3.05) is 20.3 Å². The first-order chi connectivity index (χ1) is 11.4. The Bertz CT molecular complexity index is 715. The molecule has 0 radical (unpaired) electrons. The van der Waals surface area contributed by atoms with Gasteiger partial charge in [0.15, 0.2) is 0 Å². The third-order valence-corrected chi connectivity index (χ3v) is 3.90. The van der Waals surface area contributed by atoms with Crippen molar-refractivity contribution in [2.45, 2.75) is 18.8 Å². The Hall–Kier alpha value is -2.22. The second kappa shape index (κ2) is 6.35. The Labute approximate surface area is 137 Å². The van der Waals surface area contributed by atoms with Gasteiger partial charge in [-0.1, -0.05) is 0 Å². The lowest BCUT2D eigenvalue weighted by atomic mass is 10.2. The predicted molar refractivity (Wildman–Crippen MR) is 80.9 cm³/mol. The number of ether oxygens (including phenoxy) is 2. The highest BCUT2D eigenvalue weighted by molar-refractivity contribution is 5.42. The average Bonchev–Trinajstić information content (AvgIpc) is 3.14. The highest BCUT2D eigenvalue weighted by atomic mass is 19.4. The monoisotopic (exact) mass is 341 g/mol. The molecule has 2 aromatic rings. The van der Waals surface area contributed by atoms with Crippen LogP contribution in [0.25, 0.3) is 0 Å². The fourth-order valence-electron chi connectivity index (χ4n) is 2.53. The van der Waals surface area contributed by atoms with E-state index in [1.165, 1.54) is 19.2 Å². The van der Waals surface area contributed by atoms with E-state index in [4.69, 9.17) is 9.47 Å². The van der Waals surface area contributed by atoms with E-state index in [1.54, 1.807) is 10.9 Å². The van der Waals surface area contributed by atoms with Crippen LogP contribution in [0.2, 0.25) is 0 Å². The minimum Gasteiger partial charge on any atom is -0.497 e. The molecule has 1 aliphatic heterocycles. The summed E-state index contributed by atoms with van der Waals surface area (Å²) < 4.78 is 51.3. The van der Waals surface area contributed by atoms with Gasteiger partial charge in [0, 0.05) is 31.9 Å². The number of alkyl halides is 3. The van der Waals surface area contributed by atoms with Gasteiger partial charge in [0.25, 0.3) is 0 Å². The summed E-state index contributed by atoms with van der Waals surface area (Å²) in [6, 6.07) is 3.84. The van der Waals surface area contributed by atoms with Crippen LogP contribution in [0.15, 0.2) is 30.6 Å². The van der Waals surface area contributed by atoms with Crippen molar-refractivity contribution in [3.8, 4) is 11.5 Å². The second-order valence-corrected chi connectivity index (χ2v) is 5.78. The van der Waals surface area contributed by atoms with E-state index >= 15 is 0 Å². The van der Waals surface area contributed by atoms with Crippen molar-refractivity contribution in [3.63, 3.8) is 0 Å². The van der Waals surface area contributed by atoms with Gasteiger partial charge in [-0.2, -0.15) is 18.3 Å². The number of rotatable bonds is 6.